The Labute approximate surface area is 197 Å². The summed E-state index contributed by atoms with van der Waals surface area (Å²) in [5.74, 6) is 0.700. The van der Waals surface area contributed by atoms with E-state index in [-0.39, 0.29) is 11.6 Å². The minimum Gasteiger partial charge on any atom is -0.493 e. The van der Waals surface area contributed by atoms with Crippen LogP contribution in [0.4, 0.5) is 0 Å². The molecule has 0 aliphatic rings. The molecule has 0 aliphatic carbocycles. The van der Waals surface area contributed by atoms with E-state index in [1.807, 2.05) is 55.5 Å². The van der Waals surface area contributed by atoms with Gasteiger partial charge < -0.3 is 19.8 Å². The van der Waals surface area contributed by atoms with Crippen LogP contribution in [0.2, 0.25) is 0 Å². The molecule has 0 unspecified atom stereocenters. The lowest BCUT2D eigenvalue weighted by atomic mass is 10.0. The molecule has 2 N–H and O–H groups in total. The van der Waals surface area contributed by atoms with Gasteiger partial charge in [-0.1, -0.05) is 36.4 Å². The summed E-state index contributed by atoms with van der Waals surface area (Å²) >= 11 is 0. The number of H-pyrrole nitrogens is 1. The Kier molecular flexibility index (Phi) is 6.60. The second-order valence-corrected chi connectivity index (χ2v) is 7.67. The van der Waals surface area contributed by atoms with Crippen LogP contribution in [0.3, 0.4) is 0 Å². The number of hydrogen-bond donors (Lipinski definition) is 2. The van der Waals surface area contributed by atoms with E-state index in [0.717, 1.165) is 22.1 Å². The molecular formula is C27H24N4O3. The van der Waals surface area contributed by atoms with Gasteiger partial charge in [0.25, 0.3) is 5.91 Å². The van der Waals surface area contributed by atoms with Crippen molar-refractivity contribution in [1.82, 2.24) is 15.3 Å². The maximum atomic E-state index is 13.0. The molecule has 4 aromatic rings. The summed E-state index contributed by atoms with van der Waals surface area (Å²) in [6, 6.07) is 18.9. The molecule has 7 nitrogen and oxygen atoms in total. The Morgan fingerprint density at radius 3 is 2.59 bits per heavy atom. The first kappa shape index (κ1) is 22.6. The van der Waals surface area contributed by atoms with Gasteiger partial charge in [0.05, 0.1) is 20.3 Å². The lowest BCUT2D eigenvalue weighted by Crippen LogP contribution is -2.27. The second kappa shape index (κ2) is 9.92. The number of nitrogens with zero attached hydrogens (tertiary/aromatic N) is 2. The normalized spacial score (nSPS) is 12.1. The molecule has 0 spiro atoms. The number of aromatic nitrogens is 2. The van der Waals surface area contributed by atoms with Crippen LogP contribution >= 0.6 is 0 Å². The van der Waals surface area contributed by atoms with Gasteiger partial charge >= 0.3 is 0 Å². The van der Waals surface area contributed by atoms with E-state index in [1.54, 1.807) is 44.8 Å². The SMILES string of the molecule is COc1ccc([C@@H](C)NC(=O)/C(C#N)=C/c2c[nH]c3nccc(-c4ccccc4)c23)cc1OC. The average Bonchev–Trinajstić information content (AvgIpc) is 3.30. The second-order valence-electron chi connectivity index (χ2n) is 7.67. The van der Waals surface area contributed by atoms with Gasteiger partial charge in [0, 0.05) is 23.3 Å². The summed E-state index contributed by atoms with van der Waals surface area (Å²) in [5.41, 5.74) is 4.21. The number of benzene rings is 2. The number of fused-ring (bicyclic) bond motifs is 1. The molecule has 0 saturated carbocycles. The lowest BCUT2D eigenvalue weighted by molar-refractivity contribution is -0.117. The fourth-order valence-electron chi connectivity index (χ4n) is 3.84. The monoisotopic (exact) mass is 452 g/mol. The van der Waals surface area contributed by atoms with Crippen LogP contribution in [0.25, 0.3) is 28.2 Å². The molecule has 1 amide bonds. The number of carbonyl (C=O) groups excluding carboxylic acids is 1. The number of methoxy groups -OCH3 is 2. The molecule has 2 heterocycles. The van der Waals surface area contributed by atoms with E-state index in [2.05, 4.69) is 15.3 Å². The van der Waals surface area contributed by atoms with Crippen molar-refractivity contribution in [1.29, 1.82) is 5.26 Å². The van der Waals surface area contributed by atoms with Crippen LogP contribution in [0.15, 0.2) is 72.6 Å². The predicted octanol–water partition coefficient (Wildman–Crippen LogP) is 5.03. The van der Waals surface area contributed by atoms with E-state index >= 15 is 0 Å². The van der Waals surface area contributed by atoms with Crippen molar-refractivity contribution in [3.63, 3.8) is 0 Å². The highest BCUT2D eigenvalue weighted by atomic mass is 16.5. The van der Waals surface area contributed by atoms with Gasteiger partial charge in [0.15, 0.2) is 11.5 Å². The fraction of sp³-hybridized carbons (Fsp3) is 0.148. The van der Waals surface area contributed by atoms with E-state index < -0.39 is 5.91 Å². The number of nitrogens with one attached hydrogen (secondary N) is 2. The van der Waals surface area contributed by atoms with E-state index in [9.17, 15) is 10.1 Å². The van der Waals surface area contributed by atoms with Gasteiger partial charge in [-0.05, 0) is 47.9 Å². The van der Waals surface area contributed by atoms with Crippen molar-refractivity contribution in [3.8, 4) is 28.7 Å². The van der Waals surface area contributed by atoms with Gasteiger partial charge in [-0.2, -0.15) is 5.26 Å². The Bertz CT molecular complexity index is 1400. The zero-order valence-electron chi connectivity index (χ0n) is 19.1. The number of aromatic amines is 1. The van der Waals surface area contributed by atoms with Crippen LogP contribution < -0.4 is 14.8 Å². The van der Waals surface area contributed by atoms with Gasteiger partial charge in [0.2, 0.25) is 0 Å². The number of nitriles is 1. The Morgan fingerprint density at radius 2 is 1.88 bits per heavy atom. The summed E-state index contributed by atoms with van der Waals surface area (Å²) in [6.45, 7) is 1.84. The largest absolute Gasteiger partial charge is 0.493 e. The number of hydrogen-bond acceptors (Lipinski definition) is 5. The van der Waals surface area contributed by atoms with Gasteiger partial charge in [-0.3, -0.25) is 4.79 Å². The van der Waals surface area contributed by atoms with Gasteiger partial charge in [0.1, 0.15) is 17.3 Å². The van der Waals surface area contributed by atoms with Crippen molar-refractivity contribution in [2.75, 3.05) is 14.2 Å². The minimum absolute atomic E-state index is 0.00362. The van der Waals surface area contributed by atoms with Crippen molar-refractivity contribution in [3.05, 3.63) is 83.7 Å². The van der Waals surface area contributed by atoms with E-state index in [0.29, 0.717) is 22.7 Å². The predicted molar refractivity (Wildman–Crippen MR) is 131 cm³/mol. The minimum atomic E-state index is -0.468. The topological polar surface area (TPSA) is 100 Å². The first-order chi connectivity index (χ1) is 16.5. The zero-order chi connectivity index (χ0) is 24.1. The smallest absolute Gasteiger partial charge is 0.262 e. The molecule has 2 aromatic carbocycles. The van der Waals surface area contributed by atoms with E-state index in [4.69, 9.17) is 9.47 Å². The number of rotatable bonds is 7. The Morgan fingerprint density at radius 1 is 1.12 bits per heavy atom. The summed E-state index contributed by atoms with van der Waals surface area (Å²) < 4.78 is 10.6. The first-order valence-corrected chi connectivity index (χ1v) is 10.7. The molecule has 34 heavy (non-hydrogen) atoms. The zero-order valence-corrected chi connectivity index (χ0v) is 19.1. The lowest BCUT2D eigenvalue weighted by Gasteiger charge is -2.16. The molecular weight excluding hydrogens is 428 g/mol. The molecule has 170 valence electrons. The third kappa shape index (κ3) is 4.48. The quantitative estimate of drug-likeness (QED) is 0.303. The first-order valence-electron chi connectivity index (χ1n) is 10.7. The third-order valence-electron chi connectivity index (χ3n) is 5.61. The van der Waals surface area contributed by atoms with Crippen molar-refractivity contribution in [2.24, 2.45) is 0 Å². The third-order valence-corrected chi connectivity index (χ3v) is 5.61. The molecule has 0 aliphatic heterocycles. The van der Waals surface area contributed by atoms with Crippen LogP contribution in [0.5, 0.6) is 11.5 Å². The van der Waals surface area contributed by atoms with Crippen LogP contribution in [0.1, 0.15) is 24.1 Å². The molecule has 0 radical (unpaired) electrons. The van der Waals surface area contributed by atoms with Crippen molar-refractivity contribution in [2.45, 2.75) is 13.0 Å². The molecule has 0 saturated heterocycles. The molecule has 2 aromatic heterocycles. The number of carbonyl (C=O) groups is 1. The highest BCUT2D eigenvalue weighted by molar-refractivity contribution is 6.06. The molecule has 7 heteroatoms. The molecule has 1 atom stereocenters. The van der Waals surface area contributed by atoms with Gasteiger partial charge in [-0.25, -0.2) is 4.98 Å². The maximum Gasteiger partial charge on any atom is 0.262 e. The summed E-state index contributed by atoms with van der Waals surface area (Å²) in [7, 11) is 3.12. The highest BCUT2D eigenvalue weighted by Gasteiger charge is 2.17. The molecule has 0 fully saturated rings. The highest BCUT2D eigenvalue weighted by Crippen LogP contribution is 2.32. The standard InChI is InChI=1S/C27H24N4O3/c1-17(19-9-10-23(33-2)24(14-19)34-3)31-27(32)20(15-28)13-21-16-30-26-25(21)22(11-12-29-26)18-7-5-4-6-8-18/h4-14,16-17H,1-3H3,(H,29,30)(H,31,32)/b20-13+/t17-/m1/s1. The van der Waals surface area contributed by atoms with Crippen LogP contribution in [-0.2, 0) is 4.79 Å². The summed E-state index contributed by atoms with van der Waals surface area (Å²) in [4.78, 5) is 20.5. The maximum absolute atomic E-state index is 13.0. The molecule has 4 rings (SSSR count). The van der Waals surface area contributed by atoms with Crippen LogP contribution in [-0.4, -0.2) is 30.1 Å². The number of amides is 1. The summed E-state index contributed by atoms with van der Waals surface area (Å²) in [5, 5.41) is 13.5. The van der Waals surface area contributed by atoms with E-state index in [1.165, 1.54) is 0 Å². The molecule has 0 bridgehead atoms. The number of pyridine rings is 1. The number of ether oxygens (including phenoxy) is 2. The Hall–Kier alpha value is -4.57. The van der Waals surface area contributed by atoms with Crippen LogP contribution in [0, 0.1) is 11.3 Å². The Balaban J connectivity index is 1.64. The van der Waals surface area contributed by atoms with Gasteiger partial charge in [-0.15, -0.1) is 0 Å². The summed E-state index contributed by atoms with van der Waals surface area (Å²) in [6.07, 6.45) is 5.08. The van der Waals surface area contributed by atoms with Crippen molar-refractivity contribution < 1.29 is 14.3 Å². The average molecular weight is 453 g/mol. The fourth-order valence-corrected chi connectivity index (χ4v) is 3.84. The van der Waals surface area contributed by atoms with Crippen molar-refractivity contribution >= 4 is 23.0 Å².